The standard InChI is InChI=1S/C23H27N3O2S/c1-14(2)16-9-6-7-15(3)21(16)25-19(27)11-12-26-13-24-22-20(23(26)28)17-8-4-5-10-18(17)29-22/h6-7,9,13-14H,4-5,8,10-12H2,1-3H3,(H,25,27). The first kappa shape index (κ1) is 19.8. The van der Waals surface area contributed by atoms with E-state index in [-0.39, 0.29) is 17.9 Å². The topological polar surface area (TPSA) is 64.0 Å². The van der Waals surface area contributed by atoms with Crippen molar-refractivity contribution >= 4 is 33.1 Å². The fourth-order valence-electron chi connectivity index (χ4n) is 4.11. The van der Waals surface area contributed by atoms with Crippen LogP contribution in [0.5, 0.6) is 0 Å². The molecule has 5 nitrogen and oxygen atoms in total. The van der Waals surface area contributed by atoms with Crippen molar-refractivity contribution in [1.82, 2.24) is 9.55 Å². The Morgan fingerprint density at radius 3 is 2.86 bits per heavy atom. The Bertz CT molecular complexity index is 1130. The highest BCUT2D eigenvalue weighted by Gasteiger charge is 2.20. The Kier molecular flexibility index (Phi) is 5.54. The lowest BCUT2D eigenvalue weighted by Gasteiger charge is -2.16. The Labute approximate surface area is 174 Å². The molecule has 3 aromatic rings. The third-order valence-electron chi connectivity index (χ3n) is 5.71. The molecule has 0 saturated carbocycles. The monoisotopic (exact) mass is 409 g/mol. The van der Waals surface area contributed by atoms with Gasteiger partial charge in [-0.25, -0.2) is 4.98 Å². The zero-order valence-electron chi connectivity index (χ0n) is 17.2. The van der Waals surface area contributed by atoms with Crippen LogP contribution in [-0.2, 0) is 24.2 Å². The molecule has 0 bridgehead atoms. The maximum absolute atomic E-state index is 13.0. The lowest BCUT2D eigenvalue weighted by molar-refractivity contribution is -0.116. The normalized spacial score (nSPS) is 13.7. The fourth-order valence-corrected chi connectivity index (χ4v) is 5.33. The second-order valence-corrected chi connectivity index (χ2v) is 9.21. The molecule has 4 rings (SSSR count). The minimum absolute atomic E-state index is 0.0130. The van der Waals surface area contributed by atoms with Crippen LogP contribution >= 0.6 is 11.3 Å². The van der Waals surface area contributed by atoms with Crippen molar-refractivity contribution in [2.45, 2.75) is 65.3 Å². The summed E-state index contributed by atoms with van der Waals surface area (Å²) < 4.78 is 1.59. The lowest BCUT2D eigenvalue weighted by Crippen LogP contribution is -2.24. The van der Waals surface area contributed by atoms with Crippen LogP contribution in [0.25, 0.3) is 10.2 Å². The maximum Gasteiger partial charge on any atom is 0.262 e. The van der Waals surface area contributed by atoms with Crippen molar-refractivity contribution in [2.75, 3.05) is 5.32 Å². The van der Waals surface area contributed by atoms with Crippen molar-refractivity contribution in [3.63, 3.8) is 0 Å². The number of thiophene rings is 1. The SMILES string of the molecule is Cc1cccc(C(C)C)c1NC(=O)CCn1cnc2sc3c(c2c1=O)CCCC3. The van der Waals surface area contributed by atoms with E-state index in [9.17, 15) is 9.59 Å². The smallest absolute Gasteiger partial charge is 0.262 e. The van der Waals surface area contributed by atoms with Crippen molar-refractivity contribution < 1.29 is 4.79 Å². The van der Waals surface area contributed by atoms with Crippen molar-refractivity contribution in [3.05, 3.63) is 56.4 Å². The van der Waals surface area contributed by atoms with E-state index < -0.39 is 0 Å². The third-order valence-corrected chi connectivity index (χ3v) is 6.91. The molecule has 152 valence electrons. The molecule has 0 fully saturated rings. The number of hydrogen-bond donors (Lipinski definition) is 1. The Morgan fingerprint density at radius 1 is 1.28 bits per heavy atom. The first-order chi connectivity index (χ1) is 14.0. The van der Waals surface area contributed by atoms with Gasteiger partial charge in [-0.15, -0.1) is 11.3 Å². The molecule has 2 heterocycles. The Morgan fingerprint density at radius 2 is 2.07 bits per heavy atom. The number of benzene rings is 1. The lowest BCUT2D eigenvalue weighted by atomic mass is 9.97. The van der Waals surface area contributed by atoms with E-state index in [2.05, 4.69) is 30.2 Å². The third kappa shape index (κ3) is 3.86. The number of anilines is 1. The number of carbonyl (C=O) groups excluding carboxylic acids is 1. The van der Waals surface area contributed by atoms with Crippen LogP contribution in [0.4, 0.5) is 5.69 Å². The van der Waals surface area contributed by atoms with Gasteiger partial charge < -0.3 is 5.32 Å². The van der Waals surface area contributed by atoms with E-state index >= 15 is 0 Å². The number of rotatable bonds is 5. The zero-order chi connectivity index (χ0) is 20.5. The van der Waals surface area contributed by atoms with Gasteiger partial charge in [-0.1, -0.05) is 32.0 Å². The molecule has 1 aliphatic rings. The summed E-state index contributed by atoms with van der Waals surface area (Å²) in [5.41, 5.74) is 4.24. The molecular weight excluding hydrogens is 382 g/mol. The van der Waals surface area contributed by atoms with Gasteiger partial charge >= 0.3 is 0 Å². The quantitative estimate of drug-likeness (QED) is 0.658. The number of nitrogens with zero attached hydrogens (tertiary/aromatic N) is 2. The van der Waals surface area contributed by atoms with E-state index in [1.165, 1.54) is 16.9 Å². The van der Waals surface area contributed by atoms with Crippen molar-refractivity contribution in [2.24, 2.45) is 0 Å². The van der Waals surface area contributed by atoms with E-state index in [0.29, 0.717) is 12.5 Å². The number of nitrogens with one attached hydrogen (secondary N) is 1. The summed E-state index contributed by atoms with van der Waals surface area (Å²) in [6.07, 6.45) is 6.16. The summed E-state index contributed by atoms with van der Waals surface area (Å²) in [5.74, 6) is 0.240. The molecule has 0 radical (unpaired) electrons. The van der Waals surface area contributed by atoms with E-state index in [1.54, 1.807) is 22.2 Å². The molecule has 1 aromatic carbocycles. The van der Waals surface area contributed by atoms with Crippen LogP contribution in [0.3, 0.4) is 0 Å². The molecular formula is C23H27N3O2S. The van der Waals surface area contributed by atoms with Gasteiger partial charge in [0.15, 0.2) is 0 Å². The van der Waals surface area contributed by atoms with Gasteiger partial charge in [0.2, 0.25) is 5.91 Å². The highest BCUT2D eigenvalue weighted by Crippen LogP contribution is 2.33. The van der Waals surface area contributed by atoms with Gasteiger partial charge in [-0.2, -0.15) is 0 Å². The molecule has 0 atom stereocenters. The van der Waals surface area contributed by atoms with Gasteiger partial charge in [-0.05, 0) is 55.2 Å². The van der Waals surface area contributed by atoms with Crippen LogP contribution in [0.1, 0.15) is 60.6 Å². The average Bonchev–Trinajstić information content (AvgIpc) is 3.08. The molecule has 2 aromatic heterocycles. The fraction of sp³-hybridized carbons (Fsp3) is 0.435. The predicted molar refractivity (Wildman–Crippen MR) is 119 cm³/mol. The predicted octanol–water partition coefficient (Wildman–Crippen LogP) is 4.80. The van der Waals surface area contributed by atoms with Crippen LogP contribution in [-0.4, -0.2) is 15.5 Å². The first-order valence-electron chi connectivity index (χ1n) is 10.3. The molecule has 6 heteroatoms. The Balaban J connectivity index is 1.53. The number of carbonyl (C=O) groups is 1. The highest BCUT2D eigenvalue weighted by atomic mass is 32.1. The highest BCUT2D eigenvalue weighted by molar-refractivity contribution is 7.18. The number of para-hydroxylation sites is 1. The molecule has 1 N–H and O–H groups in total. The second-order valence-electron chi connectivity index (χ2n) is 8.13. The molecule has 0 spiro atoms. The Hall–Kier alpha value is -2.47. The minimum atomic E-state index is -0.0828. The maximum atomic E-state index is 13.0. The van der Waals surface area contributed by atoms with Crippen molar-refractivity contribution in [1.29, 1.82) is 0 Å². The first-order valence-corrected chi connectivity index (χ1v) is 11.2. The van der Waals surface area contributed by atoms with E-state index in [1.807, 2.05) is 19.1 Å². The van der Waals surface area contributed by atoms with E-state index in [4.69, 9.17) is 0 Å². The van der Waals surface area contributed by atoms with Gasteiger partial charge in [-0.3, -0.25) is 14.2 Å². The van der Waals surface area contributed by atoms with Gasteiger partial charge in [0.1, 0.15) is 4.83 Å². The molecule has 1 aliphatic carbocycles. The summed E-state index contributed by atoms with van der Waals surface area (Å²) in [4.78, 5) is 32.3. The molecule has 1 amide bonds. The minimum Gasteiger partial charge on any atom is -0.326 e. The summed E-state index contributed by atoms with van der Waals surface area (Å²) >= 11 is 1.65. The summed E-state index contributed by atoms with van der Waals surface area (Å²) in [5, 5.41) is 3.83. The molecule has 0 unspecified atom stereocenters. The number of aromatic nitrogens is 2. The average molecular weight is 410 g/mol. The van der Waals surface area contributed by atoms with Crippen LogP contribution in [0, 0.1) is 6.92 Å². The summed E-state index contributed by atoms with van der Waals surface area (Å²) in [6.45, 7) is 6.57. The largest absolute Gasteiger partial charge is 0.326 e. The summed E-state index contributed by atoms with van der Waals surface area (Å²) in [7, 11) is 0. The van der Waals surface area contributed by atoms with Gasteiger partial charge in [0.25, 0.3) is 5.56 Å². The second kappa shape index (κ2) is 8.11. The van der Waals surface area contributed by atoms with Crippen molar-refractivity contribution in [3.8, 4) is 0 Å². The number of aryl methyl sites for hydroxylation is 4. The summed E-state index contributed by atoms with van der Waals surface area (Å²) in [6, 6.07) is 6.07. The molecule has 0 saturated heterocycles. The van der Waals surface area contributed by atoms with E-state index in [0.717, 1.165) is 46.3 Å². The van der Waals surface area contributed by atoms with Crippen LogP contribution in [0.15, 0.2) is 29.3 Å². The van der Waals surface area contributed by atoms with Gasteiger partial charge in [0, 0.05) is 23.5 Å². The van der Waals surface area contributed by atoms with Crippen LogP contribution < -0.4 is 10.9 Å². The number of amides is 1. The van der Waals surface area contributed by atoms with Crippen LogP contribution in [0.2, 0.25) is 0 Å². The zero-order valence-corrected chi connectivity index (χ0v) is 18.1. The molecule has 29 heavy (non-hydrogen) atoms. The number of hydrogen-bond acceptors (Lipinski definition) is 4. The molecule has 0 aliphatic heterocycles. The van der Waals surface area contributed by atoms with Gasteiger partial charge in [0.05, 0.1) is 11.7 Å². The number of fused-ring (bicyclic) bond motifs is 3.